The second-order valence-electron chi connectivity index (χ2n) is 4.91. The molecule has 8 nitrogen and oxygen atoms in total. The van der Waals surface area contributed by atoms with Crippen LogP contribution in [-0.4, -0.2) is 35.4 Å². The van der Waals surface area contributed by atoms with Crippen LogP contribution in [0, 0.1) is 0 Å². The summed E-state index contributed by atoms with van der Waals surface area (Å²) in [7, 11) is -2.21. The van der Waals surface area contributed by atoms with E-state index in [9.17, 15) is 13.5 Å². The fourth-order valence-corrected chi connectivity index (χ4v) is 2.70. The van der Waals surface area contributed by atoms with E-state index in [4.69, 9.17) is 9.88 Å². The number of aromatic hydroxyl groups is 1. The maximum Gasteiger partial charge on any atom is 0.333 e. The monoisotopic (exact) mass is 346 g/mol. The highest BCUT2D eigenvalue weighted by Crippen LogP contribution is 2.25. The topological polar surface area (TPSA) is 120 Å². The van der Waals surface area contributed by atoms with E-state index in [1.165, 1.54) is 28.9 Å². The summed E-state index contributed by atoms with van der Waals surface area (Å²) in [6.45, 7) is 0. The van der Waals surface area contributed by atoms with Gasteiger partial charge in [-0.05, 0) is 48.5 Å². The summed E-state index contributed by atoms with van der Waals surface area (Å²) >= 11 is 0. The molecule has 0 aliphatic rings. The first-order valence-electron chi connectivity index (χ1n) is 6.82. The fourth-order valence-electron chi connectivity index (χ4n) is 2.19. The number of benzene rings is 2. The van der Waals surface area contributed by atoms with E-state index in [1.807, 2.05) is 0 Å². The van der Waals surface area contributed by atoms with Crippen molar-refractivity contribution in [2.45, 2.75) is 4.90 Å². The largest absolute Gasteiger partial charge is 0.497 e. The molecule has 0 spiro atoms. The summed E-state index contributed by atoms with van der Waals surface area (Å²) in [6.07, 6.45) is 0. The van der Waals surface area contributed by atoms with Crippen molar-refractivity contribution in [3.63, 3.8) is 0 Å². The first kappa shape index (κ1) is 16.0. The number of ether oxygens (including phenoxy) is 1. The van der Waals surface area contributed by atoms with Gasteiger partial charge < -0.3 is 9.84 Å². The number of rotatable bonds is 4. The zero-order chi connectivity index (χ0) is 17.3. The van der Waals surface area contributed by atoms with Gasteiger partial charge in [-0.15, -0.1) is 5.10 Å². The molecule has 0 aliphatic carbocycles. The number of primary sulfonamides is 1. The van der Waals surface area contributed by atoms with Gasteiger partial charge in [-0.1, -0.05) is 0 Å². The van der Waals surface area contributed by atoms with Crippen LogP contribution in [0.3, 0.4) is 0 Å². The number of sulfonamides is 1. The van der Waals surface area contributed by atoms with Gasteiger partial charge in [0.2, 0.25) is 10.0 Å². The Bertz CT molecular complexity index is 964. The average molecular weight is 346 g/mol. The zero-order valence-electron chi connectivity index (χ0n) is 12.6. The van der Waals surface area contributed by atoms with Crippen molar-refractivity contribution in [2.75, 3.05) is 7.11 Å². The molecule has 3 aromatic rings. The van der Waals surface area contributed by atoms with E-state index in [2.05, 4.69) is 10.1 Å². The smallest absolute Gasteiger partial charge is 0.333 e. The van der Waals surface area contributed by atoms with E-state index in [0.717, 1.165) is 0 Å². The lowest BCUT2D eigenvalue weighted by Crippen LogP contribution is -2.12. The molecule has 0 saturated carbocycles. The molecule has 1 aromatic heterocycles. The van der Waals surface area contributed by atoms with Crippen LogP contribution >= 0.6 is 0 Å². The van der Waals surface area contributed by atoms with Gasteiger partial charge in [0.25, 0.3) is 0 Å². The van der Waals surface area contributed by atoms with Crippen LogP contribution in [-0.2, 0) is 10.0 Å². The fraction of sp³-hybridized carbons (Fsp3) is 0.0667. The van der Waals surface area contributed by atoms with Crippen molar-refractivity contribution >= 4 is 10.0 Å². The van der Waals surface area contributed by atoms with Gasteiger partial charge in [-0.25, -0.2) is 18.2 Å². The van der Waals surface area contributed by atoms with Crippen LogP contribution < -0.4 is 9.88 Å². The molecule has 0 aliphatic heterocycles. The Morgan fingerprint density at radius 3 is 2.25 bits per heavy atom. The summed E-state index contributed by atoms with van der Waals surface area (Å²) in [5.74, 6) is 1.09. The Morgan fingerprint density at radius 1 is 1.08 bits per heavy atom. The molecule has 9 heteroatoms. The number of aromatic nitrogens is 3. The maximum atomic E-state index is 11.3. The molecular formula is C15H14N4O4S. The van der Waals surface area contributed by atoms with Crippen LogP contribution in [0.2, 0.25) is 0 Å². The lowest BCUT2D eigenvalue weighted by Gasteiger charge is -2.07. The third-order valence-corrected chi connectivity index (χ3v) is 4.28. The van der Waals surface area contributed by atoms with E-state index < -0.39 is 16.0 Å². The van der Waals surface area contributed by atoms with Crippen molar-refractivity contribution in [1.29, 1.82) is 0 Å². The van der Waals surface area contributed by atoms with Crippen molar-refractivity contribution in [1.82, 2.24) is 14.8 Å². The van der Waals surface area contributed by atoms with E-state index in [1.54, 1.807) is 31.4 Å². The second kappa shape index (κ2) is 5.95. The summed E-state index contributed by atoms with van der Waals surface area (Å²) < 4.78 is 29.2. The second-order valence-corrected chi connectivity index (χ2v) is 6.48. The standard InChI is InChI=1S/C15H14N4O4S/c1-23-12-6-2-10(3-7-12)14-17-15(20)18-19(14)11-4-8-13(9-5-11)24(16,21)22/h2-9H,1H3,(H,18,20)(H2,16,21,22). The molecule has 0 saturated heterocycles. The predicted octanol–water partition coefficient (Wildman–Crippen LogP) is 1.30. The normalized spacial score (nSPS) is 11.4. The highest BCUT2D eigenvalue weighted by Gasteiger charge is 2.14. The highest BCUT2D eigenvalue weighted by molar-refractivity contribution is 7.89. The first-order valence-corrected chi connectivity index (χ1v) is 8.37. The lowest BCUT2D eigenvalue weighted by molar-refractivity contribution is 0.415. The summed E-state index contributed by atoms with van der Waals surface area (Å²) in [5, 5.41) is 18.7. The van der Waals surface area contributed by atoms with Crippen molar-refractivity contribution in [2.24, 2.45) is 5.14 Å². The molecular weight excluding hydrogens is 332 g/mol. The van der Waals surface area contributed by atoms with Gasteiger partial charge in [-0.3, -0.25) is 0 Å². The third kappa shape index (κ3) is 3.07. The average Bonchev–Trinajstić information content (AvgIpc) is 2.96. The molecule has 3 N–H and O–H groups in total. The van der Waals surface area contributed by atoms with Crippen molar-refractivity contribution in [3.05, 3.63) is 48.5 Å². The molecule has 0 atom stereocenters. The Balaban J connectivity index is 2.05. The molecule has 1 heterocycles. The minimum Gasteiger partial charge on any atom is -0.497 e. The first-order chi connectivity index (χ1) is 11.4. The lowest BCUT2D eigenvalue weighted by atomic mass is 10.2. The summed E-state index contributed by atoms with van der Waals surface area (Å²) in [6, 6.07) is 12.5. The van der Waals surface area contributed by atoms with Crippen LogP contribution in [0.25, 0.3) is 17.1 Å². The number of hydrogen-bond donors (Lipinski definition) is 2. The molecule has 3 rings (SSSR count). The predicted molar refractivity (Wildman–Crippen MR) is 86.4 cm³/mol. The van der Waals surface area contributed by atoms with Crippen LogP contribution in [0.15, 0.2) is 53.4 Å². The Hall–Kier alpha value is -2.91. The summed E-state index contributed by atoms with van der Waals surface area (Å²) in [5.41, 5.74) is 1.24. The highest BCUT2D eigenvalue weighted by atomic mass is 32.2. The van der Waals surface area contributed by atoms with E-state index >= 15 is 0 Å². The molecule has 0 bridgehead atoms. The Labute approximate surface area is 138 Å². The van der Waals surface area contributed by atoms with Gasteiger partial charge in [0.05, 0.1) is 17.7 Å². The van der Waals surface area contributed by atoms with Crippen LogP contribution in [0.1, 0.15) is 0 Å². The Morgan fingerprint density at radius 2 is 1.71 bits per heavy atom. The van der Waals surface area contributed by atoms with Gasteiger partial charge in [0.15, 0.2) is 5.82 Å². The number of hydrogen-bond acceptors (Lipinski definition) is 6. The third-order valence-electron chi connectivity index (χ3n) is 3.35. The maximum absolute atomic E-state index is 11.3. The minimum atomic E-state index is -3.78. The molecule has 0 unspecified atom stereocenters. The molecule has 0 fully saturated rings. The summed E-state index contributed by atoms with van der Waals surface area (Å²) in [4.78, 5) is 4.00. The minimum absolute atomic E-state index is 0.0124. The number of nitrogens with two attached hydrogens (primary N) is 1. The SMILES string of the molecule is COc1ccc(-c2nc(O)nn2-c2ccc(S(N)(=O)=O)cc2)cc1. The molecule has 0 amide bonds. The Kier molecular flexibility index (Phi) is 3.96. The molecule has 124 valence electrons. The number of nitrogens with zero attached hydrogens (tertiary/aromatic N) is 3. The van der Waals surface area contributed by atoms with E-state index in [0.29, 0.717) is 22.8 Å². The van der Waals surface area contributed by atoms with Gasteiger partial charge in [0.1, 0.15) is 5.75 Å². The molecule has 24 heavy (non-hydrogen) atoms. The van der Waals surface area contributed by atoms with Crippen molar-refractivity contribution < 1.29 is 18.3 Å². The van der Waals surface area contributed by atoms with Gasteiger partial charge in [0, 0.05) is 5.56 Å². The zero-order valence-corrected chi connectivity index (χ0v) is 13.4. The number of methoxy groups -OCH3 is 1. The molecule has 2 aromatic carbocycles. The van der Waals surface area contributed by atoms with Crippen LogP contribution in [0.5, 0.6) is 11.8 Å². The van der Waals surface area contributed by atoms with Crippen LogP contribution in [0.4, 0.5) is 0 Å². The van der Waals surface area contributed by atoms with Crippen molar-refractivity contribution in [3.8, 4) is 28.8 Å². The molecule has 0 radical (unpaired) electrons. The van der Waals surface area contributed by atoms with E-state index in [-0.39, 0.29) is 4.90 Å². The van der Waals surface area contributed by atoms with Gasteiger partial charge >= 0.3 is 6.01 Å². The van der Waals surface area contributed by atoms with Gasteiger partial charge in [-0.2, -0.15) is 4.98 Å². The quantitative estimate of drug-likeness (QED) is 0.734.